The van der Waals surface area contributed by atoms with Crippen molar-refractivity contribution in [1.29, 1.82) is 0 Å². The van der Waals surface area contributed by atoms with Crippen LogP contribution in [0.25, 0.3) is 0 Å². The molecule has 5 heteroatoms. The molecule has 0 aliphatic carbocycles. The van der Waals surface area contributed by atoms with Crippen LogP contribution in [0, 0.1) is 13.8 Å². The number of hydrogen-bond acceptors (Lipinski definition) is 3. The van der Waals surface area contributed by atoms with Crippen molar-refractivity contribution in [2.24, 2.45) is 0 Å². The number of amides is 1. The molecule has 0 atom stereocenters. The molecule has 2 N–H and O–H groups in total. The maximum Gasteiger partial charge on any atom is 0.339 e. The number of hydrogen-bond donors (Lipinski definition) is 2. The fraction of sp³-hybridized carbons (Fsp3) is 0.294. The number of rotatable bonds is 4. The zero-order valence-electron chi connectivity index (χ0n) is 13.2. The smallest absolute Gasteiger partial charge is 0.339 e. The molecule has 0 saturated heterocycles. The second kappa shape index (κ2) is 6.47. The van der Waals surface area contributed by atoms with E-state index in [0.29, 0.717) is 28.9 Å². The first-order valence-corrected chi connectivity index (χ1v) is 7.15. The van der Waals surface area contributed by atoms with Gasteiger partial charge >= 0.3 is 5.97 Å². The Balaban J connectivity index is 2.34. The first-order chi connectivity index (χ1) is 10.5. The van der Waals surface area contributed by atoms with E-state index in [4.69, 9.17) is 4.74 Å². The maximum absolute atomic E-state index is 12.4. The molecule has 1 amide bonds. The summed E-state index contributed by atoms with van der Waals surface area (Å²) >= 11 is 0. The summed E-state index contributed by atoms with van der Waals surface area (Å²) in [6.07, 6.45) is 0.614. The number of aromatic nitrogens is 1. The number of carbonyl (C=O) groups excluding carboxylic acids is 2. The lowest BCUT2D eigenvalue weighted by Crippen LogP contribution is -2.14. The van der Waals surface area contributed by atoms with E-state index in [-0.39, 0.29) is 5.91 Å². The molecule has 0 aliphatic heterocycles. The van der Waals surface area contributed by atoms with Gasteiger partial charge in [0.25, 0.3) is 5.91 Å². The van der Waals surface area contributed by atoms with Crippen LogP contribution in [0.3, 0.4) is 0 Å². The number of carbonyl (C=O) groups is 2. The fourth-order valence-electron chi connectivity index (χ4n) is 2.45. The van der Waals surface area contributed by atoms with Crippen molar-refractivity contribution < 1.29 is 14.3 Å². The van der Waals surface area contributed by atoms with Gasteiger partial charge in [-0.1, -0.05) is 19.1 Å². The Hall–Kier alpha value is -2.56. The van der Waals surface area contributed by atoms with E-state index in [0.717, 1.165) is 11.3 Å². The van der Waals surface area contributed by atoms with Crippen molar-refractivity contribution in [3.05, 3.63) is 52.3 Å². The van der Waals surface area contributed by atoms with E-state index < -0.39 is 5.97 Å². The Bertz CT molecular complexity index is 717. The van der Waals surface area contributed by atoms with E-state index in [1.165, 1.54) is 7.11 Å². The number of esters is 1. The number of aromatic amines is 1. The lowest BCUT2D eigenvalue weighted by molar-refractivity contribution is 0.0599. The second-order valence-electron chi connectivity index (χ2n) is 5.15. The van der Waals surface area contributed by atoms with E-state index in [1.807, 2.05) is 38.1 Å². The van der Waals surface area contributed by atoms with Crippen molar-refractivity contribution in [3.63, 3.8) is 0 Å². The van der Waals surface area contributed by atoms with Gasteiger partial charge < -0.3 is 15.0 Å². The van der Waals surface area contributed by atoms with Crippen molar-refractivity contribution in [1.82, 2.24) is 4.98 Å². The third-order valence-electron chi connectivity index (χ3n) is 3.57. The first-order valence-electron chi connectivity index (χ1n) is 7.15. The van der Waals surface area contributed by atoms with Crippen LogP contribution in [-0.2, 0) is 11.2 Å². The molecule has 1 heterocycles. The van der Waals surface area contributed by atoms with Gasteiger partial charge in [-0.05, 0) is 43.5 Å². The number of methoxy groups -OCH3 is 1. The molecule has 1 aromatic heterocycles. The number of aryl methyl sites for hydroxylation is 2. The van der Waals surface area contributed by atoms with Gasteiger partial charge in [-0.15, -0.1) is 0 Å². The Kier molecular flexibility index (Phi) is 4.65. The highest BCUT2D eigenvalue weighted by Crippen LogP contribution is 2.21. The minimum absolute atomic E-state index is 0.270. The summed E-state index contributed by atoms with van der Waals surface area (Å²) < 4.78 is 4.80. The predicted molar refractivity (Wildman–Crippen MR) is 85.4 cm³/mol. The highest BCUT2D eigenvalue weighted by molar-refractivity contribution is 6.06. The van der Waals surface area contributed by atoms with Gasteiger partial charge in [-0.25, -0.2) is 4.79 Å². The van der Waals surface area contributed by atoms with Crippen LogP contribution in [0.15, 0.2) is 24.3 Å². The van der Waals surface area contributed by atoms with Gasteiger partial charge in [0, 0.05) is 11.4 Å². The topological polar surface area (TPSA) is 71.2 Å². The zero-order chi connectivity index (χ0) is 16.3. The lowest BCUT2D eigenvalue weighted by atomic mass is 10.1. The SMILES string of the molecule is CCc1[nH]c(C(=O)Nc2cccc(C)c2)c(C)c1C(=O)OC. The van der Waals surface area contributed by atoms with Crippen LogP contribution in [-0.4, -0.2) is 24.0 Å². The van der Waals surface area contributed by atoms with Crippen LogP contribution in [0.2, 0.25) is 0 Å². The molecule has 22 heavy (non-hydrogen) atoms. The predicted octanol–water partition coefficient (Wildman–Crippen LogP) is 3.23. The fourth-order valence-corrected chi connectivity index (χ4v) is 2.45. The highest BCUT2D eigenvalue weighted by Gasteiger charge is 2.23. The van der Waals surface area contributed by atoms with Gasteiger partial charge in [-0.3, -0.25) is 4.79 Å². The molecule has 0 bridgehead atoms. The quantitative estimate of drug-likeness (QED) is 0.852. The average Bonchev–Trinajstić information content (AvgIpc) is 2.83. The molecule has 5 nitrogen and oxygen atoms in total. The second-order valence-corrected chi connectivity index (χ2v) is 5.15. The van der Waals surface area contributed by atoms with Crippen molar-refractivity contribution in [2.75, 3.05) is 12.4 Å². The molecule has 0 saturated carbocycles. The van der Waals surface area contributed by atoms with Gasteiger partial charge in [0.15, 0.2) is 0 Å². The summed E-state index contributed by atoms with van der Waals surface area (Å²) in [5.41, 5.74) is 3.92. The van der Waals surface area contributed by atoms with Crippen LogP contribution in [0.1, 0.15) is 44.6 Å². The van der Waals surface area contributed by atoms with E-state index in [1.54, 1.807) is 6.92 Å². The highest BCUT2D eigenvalue weighted by atomic mass is 16.5. The summed E-state index contributed by atoms with van der Waals surface area (Å²) in [6, 6.07) is 7.55. The largest absolute Gasteiger partial charge is 0.465 e. The van der Waals surface area contributed by atoms with Gasteiger partial charge in [0.2, 0.25) is 0 Å². The number of nitrogens with one attached hydrogen (secondary N) is 2. The zero-order valence-corrected chi connectivity index (χ0v) is 13.2. The Morgan fingerprint density at radius 2 is 2.00 bits per heavy atom. The average molecular weight is 300 g/mol. The maximum atomic E-state index is 12.4. The number of ether oxygens (including phenoxy) is 1. The molecule has 0 fully saturated rings. The molecule has 0 spiro atoms. The summed E-state index contributed by atoms with van der Waals surface area (Å²) in [5, 5.41) is 2.84. The minimum Gasteiger partial charge on any atom is -0.465 e. The molecular weight excluding hydrogens is 280 g/mol. The molecule has 0 radical (unpaired) electrons. The third kappa shape index (κ3) is 3.03. The van der Waals surface area contributed by atoms with Crippen LogP contribution in [0.5, 0.6) is 0 Å². The Labute approximate surface area is 129 Å². The van der Waals surface area contributed by atoms with Gasteiger partial charge in [0.1, 0.15) is 5.69 Å². The summed E-state index contributed by atoms with van der Waals surface area (Å²) in [4.78, 5) is 27.4. The molecule has 1 aromatic carbocycles. The monoisotopic (exact) mass is 300 g/mol. The van der Waals surface area contributed by atoms with E-state index >= 15 is 0 Å². The lowest BCUT2D eigenvalue weighted by Gasteiger charge is -2.06. The Morgan fingerprint density at radius 1 is 1.27 bits per heavy atom. The molecule has 2 rings (SSSR count). The van der Waals surface area contributed by atoms with Gasteiger partial charge in [-0.2, -0.15) is 0 Å². The number of H-pyrrole nitrogens is 1. The summed E-state index contributed by atoms with van der Waals surface area (Å²) in [6.45, 7) is 5.62. The summed E-state index contributed by atoms with van der Waals surface area (Å²) in [7, 11) is 1.33. The van der Waals surface area contributed by atoms with Crippen LogP contribution in [0.4, 0.5) is 5.69 Å². The standard InChI is InChI=1S/C17H20N2O3/c1-5-13-14(17(21)22-4)11(3)15(19-13)16(20)18-12-8-6-7-10(2)9-12/h6-9,19H,5H2,1-4H3,(H,18,20). The Morgan fingerprint density at radius 3 is 2.59 bits per heavy atom. The third-order valence-corrected chi connectivity index (χ3v) is 3.57. The number of anilines is 1. The first kappa shape index (κ1) is 15.8. The van der Waals surface area contributed by atoms with Crippen molar-refractivity contribution in [2.45, 2.75) is 27.2 Å². The molecule has 0 unspecified atom stereocenters. The van der Waals surface area contributed by atoms with E-state index in [9.17, 15) is 9.59 Å². The normalized spacial score (nSPS) is 10.4. The minimum atomic E-state index is -0.430. The molecule has 116 valence electrons. The molecular formula is C17H20N2O3. The summed E-state index contributed by atoms with van der Waals surface area (Å²) in [5.74, 6) is -0.701. The molecule has 0 aliphatic rings. The van der Waals surface area contributed by atoms with E-state index in [2.05, 4.69) is 10.3 Å². The molecule has 2 aromatic rings. The number of benzene rings is 1. The van der Waals surface area contributed by atoms with Gasteiger partial charge in [0.05, 0.1) is 12.7 Å². The van der Waals surface area contributed by atoms with Crippen molar-refractivity contribution >= 4 is 17.6 Å². The van der Waals surface area contributed by atoms with Crippen LogP contribution < -0.4 is 5.32 Å². The van der Waals surface area contributed by atoms with Crippen molar-refractivity contribution in [3.8, 4) is 0 Å². The van der Waals surface area contributed by atoms with Crippen LogP contribution >= 0.6 is 0 Å².